The van der Waals surface area contributed by atoms with Gasteiger partial charge >= 0.3 is 13.8 Å². The maximum Gasteiger partial charge on any atom is 0.469 e. The van der Waals surface area contributed by atoms with Crippen molar-refractivity contribution in [3.05, 3.63) is 60.9 Å². The Labute approximate surface area is 297 Å². The van der Waals surface area contributed by atoms with Crippen molar-refractivity contribution < 1.29 is 43.4 Å². The van der Waals surface area contributed by atoms with E-state index in [4.69, 9.17) is 19.3 Å². The van der Waals surface area contributed by atoms with Gasteiger partial charge in [-0.2, -0.15) is 0 Å². The standard InChI is InChI=1S/C39H69O9P/c1-3-5-7-9-11-12-13-14-15-16-17-18-22-26-33-46-38(35-48-49(43,44)45)34-47-39(42)32-27-31-37(41)30-25-21-20-24-29-36(40)28-23-19-10-8-6-4-2/h19-21,23-26,29-30,33,36-38,40-41H,3-18,22,27-28,31-32,34-35H2,1-2H3,(H2,43,44,45)/b21-20+,23-19-,29-24+,30-25-,33-26+/t36-,37-,38-/m1/s1. The summed E-state index contributed by atoms with van der Waals surface area (Å²) in [5.41, 5.74) is 0. The third-order valence-electron chi connectivity index (χ3n) is 7.85. The van der Waals surface area contributed by atoms with E-state index < -0.39 is 38.7 Å². The lowest BCUT2D eigenvalue weighted by Crippen LogP contribution is -2.25. The number of aliphatic hydroxyl groups excluding tert-OH is 2. The van der Waals surface area contributed by atoms with Crippen molar-refractivity contribution in [1.29, 1.82) is 0 Å². The number of phosphoric acid groups is 1. The summed E-state index contributed by atoms with van der Waals surface area (Å²) in [7, 11) is -4.70. The number of aliphatic hydroxyl groups is 2. The number of unbranched alkanes of at least 4 members (excludes halogenated alkanes) is 15. The van der Waals surface area contributed by atoms with E-state index in [2.05, 4.69) is 24.4 Å². The predicted octanol–water partition coefficient (Wildman–Crippen LogP) is 9.72. The van der Waals surface area contributed by atoms with Crippen LogP contribution in [0, 0.1) is 0 Å². The molecule has 0 radical (unpaired) electrons. The van der Waals surface area contributed by atoms with Crippen molar-refractivity contribution in [3.8, 4) is 0 Å². The number of carbonyl (C=O) groups is 1. The second-order valence-corrected chi connectivity index (χ2v) is 13.9. The largest absolute Gasteiger partial charge is 0.492 e. The van der Waals surface area contributed by atoms with Gasteiger partial charge in [0.1, 0.15) is 6.61 Å². The number of hydrogen-bond acceptors (Lipinski definition) is 7. The van der Waals surface area contributed by atoms with Crippen LogP contribution in [0.4, 0.5) is 0 Å². The molecule has 4 N–H and O–H groups in total. The van der Waals surface area contributed by atoms with E-state index in [1.165, 1.54) is 89.7 Å². The smallest absolute Gasteiger partial charge is 0.469 e. The fourth-order valence-corrected chi connectivity index (χ4v) is 5.27. The van der Waals surface area contributed by atoms with Gasteiger partial charge in [-0.3, -0.25) is 9.32 Å². The van der Waals surface area contributed by atoms with E-state index >= 15 is 0 Å². The number of phosphoric ester groups is 1. The van der Waals surface area contributed by atoms with E-state index in [-0.39, 0.29) is 13.0 Å². The maximum atomic E-state index is 12.2. The van der Waals surface area contributed by atoms with Crippen molar-refractivity contribution in [1.82, 2.24) is 0 Å². The minimum Gasteiger partial charge on any atom is -0.492 e. The van der Waals surface area contributed by atoms with Crippen molar-refractivity contribution in [3.63, 3.8) is 0 Å². The third kappa shape index (κ3) is 37.1. The average Bonchev–Trinajstić information content (AvgIpc) is 3.06. The highest BCUT2D eigenvalue weighted by Gasteiger charge is 2.20. The molecule has 49 heavy (non-hydrogen) atoms. The quantitative estimate of drug-likeness (QED) is 0.0128. The normalized spacial score (nSPS) is 14.6. The molecule has 0 saturated heterocycles. The Morgan fingerprint density at radius 3 is 1.80 bits per heavy atom. The maximum absolute atomic E-state index is 12.2. The molecule has 0 fully saturated rings. The van der Waals surface area contributed by atoms with Crippen molar-refractivity contribution in [2.24, 2.45) is 0 Å². The van der Waals surface area contributed by atoms with Crippen LogP contribution in [0.5, 0.6) is 0 Å². The molecule has 0 aromatic heterocycles. The summed E-state index contributed by atoms with van der Waals surface area (Å²) in [6.07, 6.45) is 37.9. The summed E-state index contributed by atoms with van der Waals surface area (Å²) in [5.74, 6) is -0.499. The second-order valence-electron chi connectivity index (χ2n) is 12.7. The van der Waals surface area contributed by atoms with Crippen LogP contribution >= 0.6 is 7.82 Å². The first kappa shape index (κ1) is 47.0. The molecule has 10 heteroatoms. The fourth-order valence-electron chi connectivity index (χ4n) is 4.91. The van der Waals surface area contributed by atoms with E-state index in [9.17, 15) is 19.6 Å². The molecule has 0 aromatic carbocycles. The predicted molar refractivity (Wildman–Crippen MR) is 200 cm³/mol. The minimum absolute atomic E-state index is 0.0787. The summed E-state index contributed by atoms with van der Waals surface area (Å²) < 4.78 is 26.5. The number of hydrogen-bond donors (Lipinski definition) is 4. The Hall–Kier alpha value is -2.00. The summed E-state index contributed by atoms with van der Waals surface area (Å²) in [5, 5.41) is 20.1. The molecule has 3 atom stereocenters. The van der Waals surface area contributed by atoms with E-state index in [0.29, 0.717) is 19.3 Å². The second kappa shape index (κ2) is 34.4. The lowest BCUT2D eigenvalue weighted by atomic mass is 10.0. The van der Waals surface area contributed by atoms with Crippen molar-refractivity contribution in [2.75, 3.05) is 13.2 Å². The van der Waals surface area contributed by atoms with Crippen LogP contribution in [0.25, 0.3) is 0 Å². The number of allylic oxidation sites excluding steroid dienone is 6. The summed E-state index contributed by atoms with van der Waals surface area (Å²) in [4.78, 5) is 30.3. The summed E-state index contributed by atoms with van der Waals surface area (Å²) in [6, 6.07) is 0. The molecule has 0 aromatic rings. The van der Waals surface area contributed by atoms with Crippen LogP contribution < -0.4 is 0 Å². The van der Waals surface area contributed by atoms with Crippen molar-refractivity contribution >= 4 is 13.8 Å². The Morgan fingerprint density at radius 2 is 1.18 bits per heavy atom. The molecule has 0 saturated carbocycles. The lowest BCUT2D eigenvalue weighted by molar-refractivity contribution is -0.147. The van der Waals surface area contributed by atoms with Crippen LogP contribution in [-0.4, -0.2) is 57.5 Å². The van der Waals surface area contributed by atoms with Gasteiger partial charge in [0.25, 0.3) is 0 Å². The molecule has 0 bridgehead atoms. The molecule has 9 nitrogen and oxygen atoms in total. The van der Waals surface area contributed by atoms with Crippen LogP contribution in [0.1, 0.15) is 149 Å². The first-order valence-corrected chi connectivity index (χ1v) is 20.4. The van der Waals surface area contributed by atoms with Gasteiger partial charge in [-0.1, -0.05) is 146 Å². The fraction of sp³-hybridized carbons (Fsp3) is 0.718. The van der Waals surface area contributed by atoms with E-state index in [0.717, 1.165) is 25.7 Å². The first-order valence-electron chi connectivity index (χ1n) is 18.9. The van der Waals surface area contributed by atoms with Gasteiger partial charge in [0.15, 0.2) is 6.10 Å². The van der Waals surface area contributed by atoms with Crippen LogP contribution in [0.3, 0.4) is 0 Å². The zero-order chi connectivity index (χ0) is 36.3. The van der Waals surface area contributed by atoms with E-state index in [1.807, 2.05) is 12.2 Å². The Morgan fingerprint density at radius 1 is 0.653 bits per heavy atom. The Kier molecular flexibility index (Phi) is 33.0. The molecular formula is C39H69O9P. The van der Waals surface area contributed by atoms with Gasteiger partial charge in [0.05, 0.1) is 25.1 Å². The average molecular weight is 713 g/mol. The summed E-state index contributed by atoms with van der Waals surface area (Å²) >= 11 is 0. The molecule has 0 aliphatic rings. The molecule has 284 valence electrons. The number of carbonyl (C=O) groups excluding carboxylic acids is 1. The molecular weight excluding hydrogens is 643 g/mol. The SMILES string of the molecule is CCCCC/C=C\C[C@@H](O)/C=C/C=C/C=C\[C@@H](O)CCCC(=O)OC[C@H](COP(=O)(O)O)O/C=C/CCCCCCCCCCCCCC. The highest BCUT2D eigenvalue weighted by molar-refractivity contribution is 7.46. The molecule has 0 unspecified atom stereocenters. The number of rotatable bonds is 34. The molecule has 0 rings (SSSR count). The van der Waals surface area contributed by atoms with Gasteiger partial charge in [-0.15, -0.1) is 0 Å². The van der Waals surface area contributed by atoms with Crippen LogP contribution in [0.15, 0.2) is 60.9 Å². The topological polar surface area (TPSA) is 143 Å². The van der Waals surface area contributed by atoms with Gasteiger partial charge < -0.3 is 29.5 Å². The van der Waals surface area contributed by atoms with Crippen LogP contribution in [-0.2, 0) is 23.4 Å². The molecule has 0 spiro atoms. The molecule has 0 aliphatic carbocycles. The minimum atomic E-state index is -4.70. The monoisotopic (exact) mass is 712 g/mol. The summed E-state index contributed by atoms with van der Waals surface area (Å²) in [6.45, 7) is 3.77. The van der Waals surface area contributed by atoms with Crippen LogP contribution in [0.2, 0.25) is 0 Å². The highest BCUT2D eigenvalue weighted by atomic mass is 31.2. The number of esters is 1. The Balaban J connectivity index is 4.19. The van der Waals surface area contributed by atoms with Gasteiger partial charge in [0.2, 0.25) is 0 Å². The van der Waals surface area contributed by atoms with E-state index in [1.54, 1.807) is 36.5 Å². The molecule has 0 aliphatic heterocycles. The Bertz CT molecular complexity index is 954. The lowest BCUT2D eigenvalue weighted by Gasteiger charge is -2.17. The third-order valence-corrected chi connectivity index (χ3v) is 8.34. The molecule has 0 heterocycles. The van der Waals surface area contributed by atoms with Crippen molar-refractivity contribution in [2.45, 2.75) is 167 Å². The van der Waals surface area contributed by atoms with Gasteiger partial charge in [-0.05, 0) is 51.0 Å². The van der Waals surface area contributed by atoms with Gasteiger partial charge in [-0.25, -0.2) is 4.57 Å². The molecule has 0 amide bonds. The zero-order valence-electron chi connectivity index (χ0n) is 30.5. The highest BCUT2D eigenvalue weighted by Crippen LogP contribution is 2.35. The first-order chi connectivity index (χ1) is 23.7. The van der Waals surface area contributed by atoms with Gasteiger partial charge in [0, 0.05) is 6.42 Å². The zero-order valence-corrected chi connectivity index (χ0v) is 31.4. The number of ether oxygens (including phenoxy) is 2.